The molecule has 0 aliphatic heterocycles. The fourth-order valence-electron chi connectivity index (χ4n) is 1.59. The number of rotatable bonds is 3. The van der Waals surface area contributed by atoms with Gasteiger partial charge in [-0.05, 0) is 22.0 Å². The van der Waals surface area contributed by atoms with Crippen LogP contribution in [0.15, 0.2) is 28.9 Å². The Morgan fingerprint density at radius 1 is 1.53 bits per heavy atom. The first-order valence-electron chi connectivity index (χ1n) is 4.88. The number of hydrogen-bond acceptors (Lipinski definition) is 4. The second-order valence-corrected chi connectivity index (χ2v) is 4.33. The number of aromatic nitrogens is 1. The summed E-state index contributed by atoms with van der Waals surface area (Å²) in [6, 6.07) is 5.43. The topological polar surface area (TPSA) is 88.2 Å². The van der Waals surface area contributed by atoms with E-state index in [2.05, 4.69) is 26.2 Å². The number of carboxylic acids is 1. The van der Waals surface area contributed by atoms with E-state index in [0.29, 0.717) is 11.5 Å². The van der Waals surface area contributed by atoms with Gasteiger partial charge in [0.15, 0.2) is 0 Å². The Morgan fingerprint density at radius 3 is 3.00 bits per heavy atom. The molecule has 0 saturated heterocycles. The molecule has 88 valence electrons. The molecule has 2 aromatic rings. The van der Waals surface area contributed by atoms with Gasteiger partial charge in [-0.3, -0.25) is 4.79 Å². The molecule has 1 heterocycles. The van der Waals surface area contributed by atoms with Crippen LogP contribution in [0.2, 0.25) is 0 Å². The number of pyridine rings is 1. The maximum atomic E-state index is 10.5. The molecule has 0 radical (unpaired) electrons. The highest BCUT2D eigenvalue weighted by molar-refractivity contribution is 9.10. The van der Waals surface area contributed by atoms with Crippen molar-refractivity contribution in [3.05, 3.63) is 28.9 Å². The molecule has 1 aromatic carbocycles. The predicted octanol–water partition coefficient (Wildman–Crippen LogP) is 2.08. The van der Waals surface area contributed by atoms with E-state index in [-0.39, 0.29) is 6.54 Å². The summed E-state index contributed by atoms with van der Waals surface area (Å²) >= 11 is 3.38. The van der Waals surface area contributed by atoms with Gasteiger partial charge in [0.2, 0.25) is 0 Å². The molecular formula is C11H10BrN3O2. The van der Waals surface area contributed by atoms with Gasteiger partial charge in [-0.1, -0.05) is 12.1 Å². The molecule has 0 spiro atoms. The molecule has 0 fully saturated rings. The van der Waals surface area contributed by atoms with E-state index in [4.69, 9.17) is 10.8 Å². The highest BCUT2D eigenvalue weighted by Crippen LogP contribution is 2.32. The Labute approximate surface area is 106 Å². The molecule has 0 atom stereocenters. The maximum absolute atomic E-state index is 10.5. The minimum atomic E-state index is -0.938. The van der Waals surface area contributed by atoms with Crippen molar-refractivity contribution in [3.63, 3.8) is 0 Å². The van der Waals surface area contributed by atoms with Crippen LogP contribution >= 0.6 is 15.9 Å². The molecule has 0 bridgehead atoms. The van der Waals surface area contributed by atoms with Gasteiger partial charge in [0, 0.05) is 27.1 Å². The number of nitrogens with zero attached hydrogens (tertiary/aromatic N) is 1. The lowest BCUT2D eigenvalue weighted by Crippen LogP contribution is -2.13. The van der Waals surface area contributed by atoms with Gasteiger partial charge in [-0.2, -0.15) is 0 Å². The highest BCUT2D eigenvalue weighted by Gasteiger charge is 2.09. The zero-order chi connectivity index (χ0) is 12.4. The van der Waals surface area contributed by atoms with Crippen LogP contribution in [-0.2, 0) is 4.79 Å². The molecule has 2 rings (SSSR count). The lowest BCUT2D eigenvalue weighted by molar-refractivity contribution is -0.134. The number of nitrogen functional groups attached to an aromatic ring is 1. The first-order valence-corrected chi connectivity index (χ1v) is 5.67. The molecule has 4 N–H and O–H groups in total. The second-order valence-electron chi connectivity index (χ2n) is 3.47. The Balaban J connectivity index is 2.54. The van der Waals surface area contributed by atoms with Gasteiger partial charge < -0.3 is 16.2 Å². The number of halogens is 1. The molecule has 1 aromatic heterocycles. The second kappa shape index (κ2) is 4.58. The lowest BCUT2D eigenvalue weighted by Gasteiger charge is -2.09. The van der Waals surface area contributed by atoms with Crippen LogP contribution in [0.25, 0.3) is 10.8 Å². The first-order chi connectivity index (χ1) is 8.09. The standard InChI is InChI=1S/C11H10BrN3O2/c12-7-4-14-11(15-5-9(16)17)6-2-1-3-8(13)10(6)7/h1-4H,5,13H2,(H,14,15)(H,16,17). The zero-order valence-electron chi connectivity index (χ0n) is 8.77. The summed E-state index contributed by atoms with van der Waals surface area (Å²) in [6.07, 6.45) is 1.60. The summed E-state index contributed by atoms with van der Waals surface area (Å²) in [4.78, 5) is 14.7. The van der Waals surface area contributed by atoms with Gasteiger partial charge in [0.05, 0.1) is 0 Å². The van der Waals surface area contributed by atoms with Crippen LogP contribution in [-0.4, -0.2) is 22.6 Å². The summed E-state index contributed by atoms with van der Waals surface area (Å²) in [5, 5.41) is 13.0. The van der Waals surface area contributed by atoms with Crippen LogP contribution in [0.1, 0.15) is 0 Å². The first kappa shape index (κ1) is 11.7. The number of nitrogens with one attached hydrogen (secondary N) is 1. The largest absolute Gasteiger partial charge is 0.480 e. The van der Waals surface area contributed by atoms with E-state index in [1.807, 2.05) is 6.07 Å². The Hall–Kier alpha value is -1.82. The van der Waals surface area contributed by atoms with E-state index in [1.165, 1.54) is 0 Å². The number of benzene rings is 1. The predicted molar refractivity (Wildman–Crippen MR) is 70.0 cm³/mol. The van der Waals surface area contributed by atoms with Crippen LogP contribution in [0.4, 0.5) is 11.5 Å². The quantitative estimate of drug-likeness (QED) is 0.755. The van der Waals surface area contributed by atoms with Crippen molar-refractivity contribution in [2.75, 3.05) is 17.6 Å². The van der Waals surface area contributed by atoms with E-state index in [0.717, 1.165) is 15.2 Å². The van der Waals surface area contributed by atoms with Crippen LogP contribution in [0, 0.1) is 0 Å². The third kappa shape index (κ3) is 2.31. The van der Waals surface area contributed by atoms with Crippen LogP contribution in [0.3, 0.4) is 0 Å². The summed E-state index contributed by atoms with van der Waals surface area (Å²) in [7, 11) is 0. The fourth-order valence-corrected chi connectivity index (χ4v) is 2.13. The number of carboxylic acid groups (broad SMARTS) is 1. The third-order valence-electron chi connectivity index (χ3n) is 2.30. The van der Waals surface area contributed by atoms with Gasteiger partial charge >= 0.3 is 5.97 Å². The SMILES string of the molecule is Nc1cccc2c(NCC(=O)O)ncc(Br)c12. The van der Waals surface area contributed by atoms with Crippen molar-refractivity contribution in [1.29, 1.82) is 0 Å². The van der Waals surface area contributed by atoms with Gasteiger partial charge in [-0.15, -0.1) is 0 Å². The summed E-state index contributed by atoms with van der Waals surface area (Å²) in [5.74, 6) is -0.426. The maximum Gasteiger partial charge on any atom is 0.322 e. The minimum Gasteiger partial charge on any atom is -0.480 e. The smallest absolute Gasteiger partial charge is 0.322 e. The number of carbonyl (C=O) groups is 1. The molecule has 5 nitrogen and oxygen atoms in total. The Bertz CT molecular complexity index is 578. The molecule has 17 heavy (non-hydrogen) atoms. The minimum absolute atomic E-state index is 0.182. The van der Waals surface area contributed by atoms with E-state index in [1.54, 1.807) is 18.3 Å². The van der Waals surface area contributed by atoms with Crippen molar-refractivity contribution < 1.29 is 9.90 Å². The number of anilines is 2. The number of fused-ring (bicyclic) bond motifs is 1. The van der Waals surface area contributed by atoms with E-state index < -0.39 is 5.97 Å². The van der Waals surface area contributed by atoms with Crippen LogP contribution in [0.5, 0.6) is 0 Å². The zero-order valence-corrected chi connectivity index (χ0v) is 10.4. The Morgan fingerprint density at radius 2 is 2.29 bits per heavy atom. The van der Waals surface area contributed by atoms with E-state index >= 15 is 0 Å². The molecule has 0 aliphatic carbocycles. The van der Waals surface area contributed by atoms with Gasteiger partial charge in [0.25, 0.3) is 0 Å². The molecule has 0 unspecified atom stereocenters. The fraction of sp³-hybridized carbons (Fsp3) is 0.0909. The van der Waals surface area contributed by atoms with E-state index in [9.17, 15) is 4.79 Å². The number of hydrogen-bond donors (Lipinski definition) is 3. The third-order valence-corrected chi connectivity index (χ3v) is 2.91. The Kier molecular flexibility index (Phi) is 3.14. The highest BCUT2D eigenvalue weighted by atomic mass is 79.9. The summed E-state index contributed by atoms with van der Waals surface area (Å²) < 4.78 is 0.784. The molecule has 0 aliphatic rings. The number of aliphatic carboxylic acids is 1. The van der Waals surface area contributed by atoms with Crippen molar-refractivity contribution in [2.45, 2.75) is 0 Å². The normalized spacial score (nSPS) is 10.4. The molecule has 0 amide bonds. The molecular weight excluding hydrogens is 286 g/mol. The van der Waals surface area contributed by atoms with Gasteiger partial charge in [0.1, 0.15) is 12.4 Å². The average Bonchev–Trinajstić information content (AvgIpc) is 2.28. The van der Waals surface area contributed by atoms with Crippen molar-refractivity contribution in [3.8, 4) is 0 Å². The van der Waals surface area contributed by atoms with Gasteiger partial charge in [-0.25, -0.2) is 4.98 Å². The van der Waals surface area contributed by atoms with Crippen molar-refractivity contribution in [2.24, 2.45) is 0 Å². The number of nitrogens with two attached hydrogens (primary N) is 1. The summed E-state index contributed by atoms with van der Waals surface area (Å²) in [5.41, 5.74) is 6.50. The molecule has 6 heteroatoms. The van der Waals surface area contributed by atoms with Crippen molar-refractivity contribution in [1.82, 2.24) is 4.98 Å². The average molecular weight is 296 g/mol. The summed E-state index contributed by atoms with van der Waals surface area (Å²) in [6.45, 7) is -0.182. The monoisotopic (exact) mass is 295 g/mol. The van der Waals surface area contributed by atoms with Crippen molar-refractivity contribution >= 4 is 44.2 Å². The lowest BCUT2D eigenvalue weighted by atomic mass is 10.1. The van der Waals surface area contributed by atoms with Crippen LogP contribution < -0.4 is 11.1 Å². The molecule has 0 saturated carbocycles.